The van der Waals surface area contributed by atoms with E-state index in [-0.39, 0.29) is 17.5 Å². The van der Waals surface area contributed by atoms with Gasteiger partial charge in [-0.15, -0.1) is 0 Å². The first kappa shape index (κ1) is 23.0. The molecule has 0 unspecified atom stereocenters. The number of carbonyl (C=O) groups is 2. The molecular formula is C24H28O6. The molecule has 0 aromatic heterocycles. The van der Waals surface area contributed by atoms with Gasteiger partial charge < -0.3 is 18.9 Å². The van der Waals surface area contributed by atoms with Crippen LogP contribution < -0.4 is 18.9 Å². The fourth-order valence-electron chi connectivity index (χ4n) is 3.14. The van der Waals surface area contributed by atoms with Gasteiger partial charge in [0.2, 0.25) is 0 Å². The zero-order valence-electron chi connectivity index (χ0n) is 18.5. The molecule has 6 nitrogen and oxygen atoms in total. The van der Waals surface area contributed by atoms with E-state index in [0.717, 1.165) is 0 Å². The molecular weight excluding hydrogens is 384 g/mol. The zero-order valence-corrected chi connectivity index (χ0v) is 18.5. The Balaban J connectivity index is 2.98. The molecule has 2 rings (SSSR count). The lowest BCUT2D eigenvalue weighted by Gasteiger charge is -2.19. The van der Waals surface area contributed by atoms with Gasteiger partial charge in [-0.05, 0) is 47.9 Å². The first-order valence-corrected chi connectivity index (χ1v) is 9.46. The second kappa shape index (κ2) is 9.48. The van der Waals surface area contributed by atoms with Crippen molar-refractivity contribution in [2.45, 2.75) is 20.8 Å². The average molecular weight is 412 g/mol. The number of ketones is 2. The first-order chi connectivity index (χ1) is 14.2. The summed E-state index contributed by atoms with van der Waals surface area (Å²) in [6.07, 6.45) is 0. The third-order valence-corrected chi connectivity index (χ3v) is 4.76. The van der Waals surface area contributed by atoms with Gasteiger partial charge in [-0.2, -0.15) is 0 Å². The van der Waals surface area contributed by atoms with E-state index in [9.17, 15) is 9.59 Å². The maximum atomic E-state index is 13.0. The average Bonchev–Trinajstić information content (AvgIpc) is 2.75. The number of carbonyl (C=O) groups excluding carboxylic acids is 2. The van der Waals surface area contributed by atoms with Crippen LogP contribution in [0.15, 0.2) is 36.4 Å². The number of ether oxygens (including phenoxy) is 4. The van der Waals surface area contributed by atoms with E-state index < -0.39 is 0 Å². The molecule has 0 aliphatic heterocycles. The summed E-state index contributed by atoms with van der Waals surface area (Å²) in [6.45, 7) is 9.05. The third kappa shape index (κ3) is 4.32. The highest BCUT2D eigenvalue weighted by atomic mass is 16.5. The second-order valence-electron chi connectivity index (χ2n) is 7.13. The van der Waals surface area contributed by atoms with Crippen LogP contribution in [0.3, 0.4) is 0 Å². The molecule has 0 radical (unpaired) electrons. The summed E-state index contributed by atoms with van der Waals surface area (Å²) >= 11 is 0. The molecule has 0 spiro atoms. The lowest BCUT2D eigenvalue weighted by Crippen LogP contribution is -2.12. The summed E-state index contributed by atoms with van der Waals surface area (Å²) in [5.41, 5.74) is 2.19. The van der Waals surface area contributed by atoms with Crippen LogP contribution in [0.4, 0.5) is 0 Å². The van der Waals surface area contributed by atoms with Crippen molar-refractivity contribution in [3.63, 3.8) is 0 Å². The Morgan fingerprint density at radius 3 is 1.47 bits per heavy atom. The van der Waals surface area contributed by atoms with Gasteiger partial charge in [0.1, 0.15) is 0 Å². The molecule has 0 heterocycles. The van der Waals surface area contributed by atoms with Crippen molar-refractivity contribution in [3.05, 3.63) is 47.5 Å². The van der Waals surface area contributed by atoms with Crippen molar-refractivity contribution in [2.75, 3.05) is 28.4 Å². The minimum Gasteiger partial charge on any atom is -0.493 e. The number of allylic oxidation sites excluding steroid dienone is 1. The minimum atomic E-state index is -0.262. The molecule has 160 valence electrons. The van der Waals surface area contributed by atoms with E-state index >= 15 is 0 Å². The molecule has 0 saturated heterocycles. The molecule has 0 amide bonds. The Labute approximate surface area is 177 Å². The third-order valence-electron chi connectivity index (χ3n) is 4.76. The van der Waals surface area contributed by atoms with Gasteiger partial charge in [-0.25, -0.2) is 0 Å². The largest absolute Gasteiger partial charge is 0.493 e. The van der Waals surface area contributed by atoms with Gasteiger partial charge in [0, 0.05) is 17.0 Å². The quantitative estimate of drug-likeness (QED) is 0.427. The first-order valence-electron chi connectivity index (χ1n) is 9.46. The monoisotopic (exact) mass is 412 g/mol. The van der Waals surface area contributed by atoms with Crippen molar-refractivity contribution >= 4 is 11.6 Å². The van der Waals surface area contributed by atoms with Crippen LogP contribution >= 0.6 is 0 Å². The molecule has 0 aliphatic carbocycles. The van der Waals surface area contributed by atoms with Gasteiger partial charge in [-0.3, -0.25) is 9.59 Å². The maximum Gasteiger partial charge on any atom is 0.188 e. The summed E-state index contributed by atoms with van der Waals surface area (Å²) < 4.78 is 21.7. The van der Waals surface area contributed by atoms with Gasteiger partial charge in [0.05, 0.1) is 28.4 Å². The highest BCUT2D eigenvalue weighted by Gasteiger charge is 2.25. The van der Waals surface area contributed by atoms with Crippen LogP contribution in [-0.2, 0) is 0 Å². The maximum absolute atomic E-state index is 13.0. The molecule has 2 aromatic rings. The topological polar surface area (TPSA) is 71.1 Å². The van der Waals surface area contributed by atoms with Crippen LogP contribution in [0, 0.1) is 5.92 Å². The Morgan fingerprint density at radius 2 is 1.10 bits per heavy atom. The standard InChI is InChI=1S/C24H28O6/c1-13(2)23(25)17-11-21(29-7)19(27-5)9-15(17)16-10-20(28-6)22(30-8)12-18(16)24(26)14(3)4/h9-12,14H,1H2,2-8H3. The highest BCUT2D eigenvalue weighted by molar-refractivity contribution is 6.14. The zero-order chi connectivity index (χ0) is 22.6. The van der Waals surface area contributed by atoms with Gasteiger partial charge in [0.15, 0.2) is 34.6 Å². The van der Waals surface area contributed by atoms with E-state index in [4.69, 9.17) is 18.9 Å². The highest BCUT2D eigenvalue weighted by Crippen LogP contribution is 2.42. The lowest BCUT2D eigenvalue weighted by molar-refractivity contribution is 0.0938. The Bertz CT molecular complexity index is 988. The van der Waals surface area contributed by atoms with Crippen LogP contribution in [0.25, 0.3) is 11.1 Å². The predicted octanol–water partition coefficient (Wildman–Crippen LogP) is 4.99. The molecule has 0 fully saturated rings. The lowest BCUT2D eigenvalue weighted by atomic mass is 9.87. The smallest absolute Gasteiger partial charge is 0.188 e. The molecule has 0 atom stereocenters. The fraction of sp³-hybridized carbons (Fsp3) is 0.333. The van der Waals surface area contributed by atoms with Gasteiger partial charge in [-0.1, -0.05) is 20.4 Å². The van der Waals surface area contributed by atoms with Crippen LogP contribution in [0.2, 0.25) is 0 Å². The number of hydrogen-bond donors (Lipinski definition) is 0. The van der Waals surface area contributed by atoms with E-state index in [0.29, 0.717) is 50.8 Å². The molecule has 0 saturated carbocycles. The summed E-state index contributed by atoms with van der Waals surface area (Å²) in [5, 5.41) is 0. The number of rotatable bonds is 9. The van der Waals surface area contributed by atoms with E-state index in [1.165, 1.54) is 28.4 Å². The number of methoxy groups -OCH3 is 4. The van der Waals surface area contributed by atoms with Crippen molar-refractivity contribution in [1.29, 1.82) is 0 Å². The van der Waals surface area contributed by atoms with E-state index in [2.05, 4.69) is 6.58 Å². The predicted molar refractivity (Wildman–Crippen MR) is 116 cm³/mol. The van der Waals surface area contributed by atoms with Crippen LogP contribution in [0.1, 0.15) is 41.5 Å². The number of Topliss-reactive ketones (excluding diaryl/α,β-unsaturated/α-hetero) is 2. The fourth-order valence-corrected chi connectivity index (χ4v) is 3.14. The summed E-state index contributed by atoms with van der Waals surface area (Å²) in [4.78, 5) is 26.0. The molecule has 0 bridgehead atoms. The van der Waals surface area contributed by atoms with Crippen molar-refractivity contribution in [1.82, 2.24) is 0 Å². The minimum absolute atomic E-state index is 0.0885. The molecule has 0 N–H and O–H groups in total. The number of hydrogen-bond acceptors (Lipinski definition) is 6. The van der Waals surface area contributed by atoms with Gasteiger partial charge >= 0.3 is 0 Å². The van der Waals surface area contributed by atoms with Crippen molar-refractivity contribution in [2.24, 2.45) is 5.92 Å². The molecule has 2 aromatic carbocycles. The van der Waals surface area contributed by atoms with E-state index in [1.54, 1.807) is 31.2 Å². The molecule has 6 heteroatoms. The van der Waals surface area contributed by atoms with Gasteiger partial charge in [0.25, 0.3) is 0 Å². The number of benzene rings is 2. The van der Waals surface area contributed by atoms with Crippen molar-refractivity contribution < 1.29 is 28.5 Å². The Morgan fingerprint density at radius 1 is 0.733 bits per heavy atom. The molecule has 0 aliphatic rings. The Kier molecular flexibility index (Phi) is 7.27. The molecule has 30 heavy (non-hydrogen) atoms. The second-order valence-corrected chi connectivity index (χ2v) is 7.13. The summed E-state index contributed by atoms with van der Waals surface area (Å²) in [7, 11) is 6.03. The van der Waals surface area contributed by atoms with Crippen molar-refractivity contribution in [3.8, 4) is 34.1 Å². The van der Waals surface area contributed by atoms with E-state index in [1.807, 2.05) is 13.8 Å². The van der Waals surface area contributed by atoms with Crippen LogP contribution in [0.5, 0.6) is 23.0 Å². The van der Waals surface area contributed by atoms with Crippen LogP contribution in [-0.4, -0.2) is 40.0 Å². The SMILES string of the molecule is C=C(C)C(=O)c1cc(OC)c(OC)cc1-c1cc(OC)c(OC)cc1C(=O)C(C)C. The summed E-state index contributed by atoms with van der Waals surface area (Å²) in [6, 6.07) is 6.63. The normalized spacial score (nSPS) is 10.5. The Hall–Kier alpha value is -3.28. The summed E-state index contributed by atoms with van der Waals surface area (Å²) in [5.74, 6) is 1.10.